The Morgan fingerprint density at radius 2 is 1.76 bits per heavy atom. The fourth-order valence-corrected chi connectivity index (χ4v) is 4.21. The lowest BCUT2D eigenvalue weighted by Gasteiger charge is -2.14. The summed E-state index contributed by atoms with van der Waals surface area (Å²) < 4.78 is 34.0. The fraction of sp³-hybridized carbons (Fsp3) is 0.174. The number of aromatic nitrogens is 1. The SMILES string of the molecule is CCNC(=O)c1ccc(Oc2ccc(NS(=O)(=O)c3cc(C)ccc3NC(C)=O)cc2)nc1. The second-order valence-electron chi connectivity index (χ2n) is 7.16. The maximum Gasteiger partial charge on any atom is 0.263 e. The van der Waals surface area contributed by atoms with Gasteiger partial charge in [-0.15, -0.1) is 0 Å². The maximum atomic E-state index is 12.9. The summed E-state index contributed by atoms with van der Waals surface area (Å²) in [6.07, 6.45) is 1.41. The lowest BCUT2D eigenvalue weighted by atomic mass is 10.2. The largest absolute Gasteiger partial charge is 0.439 e. The van der Waals surface area contributed by atoms with Gasteiger partial charge < -0.3 is 15.4 Å². The van der Waals surface area contributed by atoms with Crippen LogP contribution in [0.3, 0.4) is 0 Å². The summed E-state index contributed by atoms with van der Waals surface area (Å²) in [5.74, 6) is 0.134. The average molecular weight is 469 g/mol. The summed E-state index contributed by atoms with van der Waals surface area (Å²) in [6, 6.07) is 14.2. The first-order valence-corrected chi connectivity index (χ1v) is 11.6. The van der Waals surface area contributed by atoms with Gasteiger partial charge in [0.05, 0.1) is 11.3 Å². The van der Waals surface area contributed by atoms with Crippen molar-refractivity contribution in [2.24, 2.45) is 0 Å². The first-order valence-electron chi connectivity index (χ1n) is 10.1. The van der Waals surface area contributed by atoms with Crippen molar-refractivity contribution >= 4 is 33.2 Å². The molecular formula is C23H24N4O5S. The minimum Gasteiger partial charge on any atom is -0.439 e. The Labute approximate surface area is 192 Å². The highest BCUT2D eigenvalue weighted by atomic mass is 32.2. The Morgan fingerprint density at radius 3 is 2.36 bits per heavy atom. The number of nitrogens with zero attached hydrogens (tertiary/aromatic N) is 1. The molecule has 0 aliphatic heterocycles. The van der Waals surface area contributed by atoms with Crippen LogP contribution in [0.2, 0.25) is 0 Å². The lowest BCUT2D eigenvalue weighted by Crippen LogP contribution is -2.22. The Kier molecular flexibility index (Phi) is 7.29. The Balaban J connectivity index is 1.72. The van der Waals surface area contributed by atoms with Crippen LogP contribution in [0.1, 0.15) is 29.8 Å². The second kappa shape index (κ2) is 10.1. The fourth-order valence-electron chi connectivity index (χ4n) is 2.90. The van der Waals surface area contributed by atoms with E-state index in [1.165, 1.54) is 19.2 Å². The molecule has 2 aromatic carbocycles. The van der Waals surface area contributed by atoms with Crippen LogP contribution in [-0.2, 0) is 14.8 Å². The molecule has 33 heavy (non-hydrogen) atoms. The molecule has 10 heteroatoms. The number of carbonyl (C=O) groups is 2. The molecule has 0 radical (unpaired) electrons. The monoisotopic (exact) mass is 468 g/mol. The van der Waals surface area contributed by atoms with Crippen molar-refractivity contribution in [2.75, 3.05) is 16.6 Å². The lowest BCUT2D eigenvalue weighted by molar-refractivity contribution is -0.114. The number of aryl methyl sites for hydroxylation is 1. The number of ether oxygens (including phenoxy) is 1. The first-order chi connectivity index (χ1) is 15.7. The number of pyridine rings is 1. The van der Waals surface area contributed by atoms with E-state index in [-0.39, 0.29) is 28.3 Å². The van der Waals surface area contributed by atoms with Crippen LogP contribution in [0, 0.1) is 6.92 Å². The van der Waals surface area contributed by atoms with Crippen LogP contribution >= 0.6 is 0 Å². The number of amides is 2. The van der Waals surface area contributed by atoms with Gasteiger partial charge in [0.25, 0.3) is 15.9 Å². The van der Waals surface area contributed by atoms with Crippen molar-refractivity contribution in [3.05, 3.63) is 71.9 Å². The molecule has 1 aromatic heterocycles. The Hall–Kier alpha value is -3.92. The number of anilines is 2. The quantitative estimate of drug-likeness (QED) is 0.463. The summed E-state index contributed by atoms with van der Waals surface area (Å²) in [6.45, 7) is 5.42. The number of rotatable bonds is 8. The van der Waals surface area contributed by atoms with Gasteiger partial charge in [0, 0.05) is 31.4 Å². The third kappa shape index (κ3) is 6.30. The van der Waals surface area contributed by atoms with E-state index in [9.17, 15) is 18.0 Å². The van der Waals surface area contributed by atoms with Gasteiger partial charge in [0.1, 0.15) is 10.6 Å². The summed E-state index contributed by atoms with van der Waals surface area (Å²) in [5.41, 5.74) is 1.67. The second-order valence-corrected chi connectivity index (χ2v) is 8.81. The third-order valence-corrected chi connectivity index (χ3v) is 5.82. The normalized spacial score (nSPS) is 10.9. The summed E-state index contributed by atoms with van der Waals surface area (Å²) in [7, 11) is -3.96. The zero-order chi connectivity index (χ0) is 24.0. The van der Waals surface area contributed by atoms with Gasteiger partial charge in [-0.05, 0) is 61.9 Å². The average Bonchev–Trinajstić information content (AvgIpc) is 2.76. The van der Waals surface area contributed by atoms with Crippen molar-refractivity contribution in [2.45, 2.75) is 25.7 Å². The molecule has 3 rings (SSSR count). The Bertz CT molecular complexity index is 1260. The van der Waals surface area contributed by atoms with Crippen molar-refractivity contribution < 1.29 is 22.7 Å². The highest BCUT2D eigenvalue weighted by Crippen LogP contribution is 2.27. The van der Waals surface area contributed by atoms with Crippen molar-refractivity contribution in [3.63, 3.8) is 0 Å². The highest BCUT2D eigenvalue weighted by molar-refractivity contribution is 7.92. The van der Waals surface area contributed by atoms with Gasteiger partial charge in [-0.3, -0.25) is 14.3 Å². The van der Waals surface area contributed by atoms with Crippen molar-refractivity contribution in [3.8, 4) is 11.6 Å². The molecule has 1 heterocycles. The van der Waals surface area contributed by atoms with E-state index in [4.69, 9.17) is 4.74 Å². The van der Waals surface area contributed by atoms with Gasteiger partial charge in [-0.2, -0.15) is 0 Å². The zero-order valence-electron chi connectivity index (χ0n) is 18.4. The highest BCUT2D eigenvalue weighted by Gasteiger charge is 2.20. The molecule has 0 fully saturated rings. The van der Waals surface area contributed by atoms with E-state index >= 15 is 0 Å². The molecule has 0 unspecified atom stereocenters. The van der Waals surface area contributed by atoms with E-state index < -0.39 is 10.0 Å². The molecule has 0 spiro atoms. The smallest absolute Gasteiger partial charge is 0.263 e. The van der Waals surface area contributed by atoms with Gasteiger partial charge in [0.15, 0.2) is 0 Å². The van der Waals surface area contributed by atoms with E-state index in [2.05, 4.69) is 20.3 Å². The number of sulfonamides is 1. The number of hydrogen-bond donors (Lipinski definition) is 3. The minimum absolute atomic E-state index is 0.0329. The molecule has 0 bridgehead atoms. The molecule has 2 amide bonds. The number of carbonyl (C=O) groups excluding carboxylic acids is 2. The first kappa shape index (κ1) is 23.7. The molecule has 0 atom stereocenters. The summed E-state index contributed by atoms with van der Waals surface area (Å²) in [5, 5.41) is 5.22. The van der Waals surface area contributed by atoms with Crippen LogP contribution in [0.25, 0.3) is 0 Å². The van der Waals surface area contributed by atoms with E-state index in [0.717, 1.165) is 5.56 Å². The van der Waals surface area contributed by atoms with Gasteiger partial charge in [0.2, 0.25) is 11.8 Å². The van der Waals surface area contributed by atoms with E-state index in [1.807, 2.05) is 6.92 Å². The molecule has 3 N–H and O–H groups in total. The molecule has 0 aliphatic carbocycles. The van der Waals surface area contributed by atoms with Crippen LogP contribution in [0.15, 0.2) is 65.7 Å². The van der Waals surface area contributed by atoms with Crippen LogP contribution < -0.4 is 20.1 Å². The van der Waals surface area contributed by atoms with Crippen molar-refractivity contribution in [1.82, 2.24) is 10.3 Å². The van der Waals surface area contributed by atoms with Crippen molar-refractivity contribution in [1.29, 1.82) is 0 Å². The maximum absolute atomic E-state index is 12.9. The van der Waals surface area contributed by atoms with E-state index in [0.29, 0.717) is 23.5 Å². The van der Waals surface area contributed by atoms with Crippen LogP contribution in [0.4, 0.5) is 11.4 Å². The number of hydrogen-bond acceptors (Lipinski definition) is 6. The molecular weight excluding hydrogens is 444 g/mol. The minimum atomic E-state index is -3.96. The molecule has 0 aliphatic rings. The number of nitrogens with one attached hydrogen (secondary N) is 3. The standard InChI is InChI=1S/C23H24N4O5S/c1-4-24-23(29)17-6-12-22(25-14-17)32-19-9-7-18(8-10-19)27-33(30,31)21-13-15(2)5-11-20(21)26-16(3)28/h5-14,27H,4H2,1-3H3,(H,24,29)(H,26,28). The molecule has 0 saturated heterocycles. The molecule has 172 valence electrons. The molecule has 9 nitrogen and oxygen atoms in total. The number of benzene rings is 2. The van der Waals surface area contributed by atoms with Crippen LogP contribution in [0.5, 0.6) is 11.6 Å². The summed E-state index contributed by atoms with van der Waals surface area (Å²) in [4.78, 5) is 27.3. The predicted octanol–water partition coefficient (Wildman–Crippen LogP) is 3.69. The van der Waals surface area contributed by atoms with Crippen LogP contribution in [-0.4, -0.2) is 31.8 Å². The van der Waals surface area contributed by atoms with Gasteiger partial charge in [-0.25, -0.2) is 13.4 Å². The molecule has 0 saturated carbocycles. The van der Waals surface area contributed by atoms with Gasteiger partial charge >= 0.3 is 0 Å². The van der Waals surface area contributed by atoms with Gasteiger partial charge in [-0.1, -0.05) is 6.07 Å². The van der Waals surface area contributed by atoms with E-state index in [1.54, 1.807) is 55.5 Å². The molecule has 3 aromatic rings. The topological polar surface area (TPSA) is 126 Å². The summed E-state index contributed by atoms with van der Waals surface area (Å²) >= 11 is 0. The Morgan fingerprint density at radius 1 is 1.03 bits per heavy atom. The predicted molar refractivity (Wildman–Crippen MR) is 125 cm³/mol. The third-order valence-electron chi connectivity index (χ3n) is 4.40. The zero-order valence-corrected chi connectivity index (χ0v) is 19.2.